The van der Waals surface area contributed by atoms with Crippen molar-refractivity contribution >= 4 is 32.6 Å². The molecule has 7 heteroatoms. The largest absolute Gasteiger partial charge is 0.457 e. The summed E-state index contributed by atoms with van der Waals surface area (Å²) in [7, 11) is 0. The van der Waals surface area contributed by atoms with Gasteiger partial charge in [-0.2, -0.15) is 0 Å². The van der Waals surface area contributed by atoms with E-state index >= 15 is 0 Å². The molecule has 0 fully saturated rings. The van der Waals surface area contributed by atoms with Crippen molar-refractivity contribution in [2.24, 2.45) is 0 Å². The Labute approximate surface area is 207 Å². The predicted molar refractivity (Wildman–Crippen MR) is 138 cm³/mol. The molecule has 2 aromatic heterocycles. The van der Waals surface area contributed by atoms with Crippen LogP contribution in [0, 0.1) is 6.92 Å². The first-order valence-corrected chi connectivity index (χ1v) is 12.5. The number of fused-ring (bicyclic) bond motifs is 3. The fourth-order valence-electron chi connectivity index (χ4n) is 4.60. The molecule has 35 heavy (non-hydrogen) atoms. The van der Waals surface area contributed by atoms with Crippen molar-refractivity contribution in [2.45, 2.75) is 25.8 Å². The summed E-state index contributed by atoms with van der Waals surface area (Å²) in [6, 6.07) is 21.8. The molecular weight excluding hydrogens is 456 g/mol. The van der Waals surface area contributed by atoms with E-state index in [0.717, 1.165) is 50.9 Å². The molecule has 6 nitrogen and oxygen atoms in total. The zero-order valence-corrected chi connectivity index (χ0v) is 20.1. The lowest BCUT2D eigenvalue weighted by molar-refractivity contribution is -0.119. The van der Waals surface area contributed by atoms with Gasteiger partial charge in [-0.05, 0) is 43.2 Å². The van der Waals surface area contributed by atoms with E-state index in [-0.39, 0.29) is 5.91 Å². The standard InChI is InChI=1S/C28H24N4O2S/c1-19-11-12-22-25(17-19)35-28(30-22)32(15-6-14-31-16-13-29-18-31)27(33)26-20-7-2-4-9-23(20)34-24-10-5-3-8-21(24)26/h2-5,7-13,16-18,26H,6,14-15H2,1H3. The topological polar surface area (TPSA) is 60.2 Å². The lowest BCUT2D eigenvalue weighted by atomic mass is 9.87. The van der Waals surface area contributed by atoms with Crippen molar-refractivity contribution in [1.29, 1.82) is 0 Å². The van der Waals surface area contributed by atoms with Crippen LogP contribution in [0.5, 0.6) is 11.5 Å². The number of carbonyl (C=O) groups is 1. The average molecular weight is 481 g/mol. The van der Waals surface area contributed by atoms with Crippen molar-refractivity contribution in [2.75, 3.05) is 11.4 Å². The molecule has 174 valence electrons. The summed E-state index contributed by atoms with van der Waals surface area (Å²) in [6.07, 6.45) is 6.30. The quantitative estimate of drug-likeness (QED) is 0.292. The van der Waals surface area contributed by atoms with Crippen LogP contribution in [0.2, 0.25) is 0 Å². The molecule has 0 N–H and O–H groups in total. The van der Waals surface area contributed by atoms with Gasteiger partial charge >= 0.3 is 0 Å². The number of ether oxygens (including phenoxy) is 1. The third-order valence-electron chi connectivity index (χ3n) is 6.31. The third-order valence-corrected chi connectivity index (χ3v) is 7.35. The molecule has 0 saturated heterocycles. The molecule has 3 aromatic carbocycles. The lowest BCUT2D eigenvalue weighted by Crippen LogP contribution is -2.37. The molecule has 1 amide bonds. The Hall–Kier alpha value is -3.97. The number of para-hydroxylation sites is 2. The molecular formula is C28H24N4O2S. The molecule has 0 aliphatic carbocycles. The number of thiazole rings is 1. The lowest BCUT2D eigenvalue weighted by Gasteiger charge is -2.31. The number of rotatable bonds is 6. The molecule has 3 heterocycles. The van der Waals surface area contributed by atoms with E-state index in [9.17, 15) is 4.79 Å². The van der Waals surface area contributed by atoms with E-state index in [2.05, 4.69) is 24.0 Å². The molecule has 0 bridgehead atoms. The molecule has 0 radical (unpaired) electrons. The summed E-state index contributed by atoms with van der Waals surface area (Å²) in [4.78, 5) is 25.2. The number of carbonyl (C=O) groups excluding carboxylic acids is 1. The Kier molecular flexibility index (Phi) is 5.54. The van der Waals surface area contributed by atoms with Gasteiger partial charge in [0.05, 0.1) is 22.5 Å². The number of hydrogen-bond acceptors (Lipinski definition) is 5. The van der Waals surface area contributed by atoms with Crippen molar-refractivity contribution in [3.63, 3.8) is 0 Å². The number of aryl methyl sites for hydroxylation is 2. The van der Waals surface area contributed by atoms with Gasteiger partial charge in [-0.3, -0.25) is 9.69 Å². The second-order valence-electron chi connectivity index (χ2n) is 8.72. The van der Waals surface area contributed by atoms with E-state index in [1.807, 2.05) is 70.3 Å². The van der Waals surface area contributed by atoms with Gasteiger partial charge < -0.3 is 9.30 Å². The SMILES string of the molecule is Cc1ccc2nc(N(CCCn3ccnc3)C(=O)C3c4ccccc4Oc4ccccc43)sc2c1. The van der Waals surface area contributed by atoms with Crippen LogP contribution in [-0.2, 0) is 11.3 Å². The minimum atomic E-state index is -0.460. The highest BCUT2D eigenvalue weighted by atomic mass is 32.1. The van der Waals surface area contributed by atoms with Gasteiger partial charge in [-0.1, -0.05) is 53.8 Å². The smallest absolute Gasteiger partial charge is 0.241 e. The fraction of sp³-hybridized carbons (Fsp3) is 0.179. The van der Waals surface area contributed by atoms with Gasteiger partial charge in [-0.15, -0.1) is 0 Å². The van der Waals surface area contributed by atoms with Crippen molar-refractivity contribution in [3.05, 3.63) is 102 Å². The molecule has 5 aromatic rings. The predicted octanol–water partition coefficient (Wildman–Crippen LogP) is 6.16. The Morgan fingerprint density at radius 1 is 1.06 bits per heavy atom. The van der Waals surface area contributed by atoms with Crippen LogP contribution in [0.1, 0.15) is 29.0 Å². The molecule has 0 saturated carbocycles. The zero-order valence-electron chi connectivity index (χ0n) is 19.3. The Morgan fingerprint density at radius 2 is 1.80 bits per heavy atom. The van der Waals surface area contributed by atoms with Crippen LogP contribution in [0.3, 0.4) is 0 Å². The van der Waals surface area contributed by atoms with E-state index in [0.29, 0.717) is 6.54 Å². The molecule has 1 aliphatic rings. The molecule has 0 spiro atoms. The maximum atomic E-state index is 14.4. The first kappa shape index (κ1) is 21.6. The summed E-state index contributed by atoms with van der Waals surface area (Å²) in [5, 5.41) is 0.725. The minimum Gasteiger partial charge on any atom is -0.457 e. The summed E-state index contributed by atoms with van der Waals surface area (Å²) >= 11 is 1.57. The van der Waals surface area contributed by atoms with Crippen LogP contribution < -0.4 is 9.64 Å². The molecule has 0 unspecified atom stereocenters. The third kappa shape index (κ3) is 4.08. The monoisotopic (exact) mass is 480 g/mol. The number of amides is 1. The maximum Gasteiger partial charge on any atom is 0.241 e. The molecule has 0 atom stereocenters. The highest BCUT2D eigenvalue weighted by molar-refractivity contribution is 7.22. The number of imidazole rings is 1. The Bertz CT molecular complexity index is 1460. The van der Waals surface area contributed by atoms with Gasteiger partial charge in [-0.25, -0.2) is 9.97 Å². The van der Waals surface area contributed by atoms with Crippen LogP contribution in [-0.4, -0.2) is 27.0 Å². The summed E-state index contributed by atoms with van der Waals surface area (Å²) in [5.74, 6) is 0.999. The van der Waals surface area contributed by atoms with Crippen molar-refractivity contribution in [3.8, 4) is 11.5 Å². The van der Waals surface area contributed by atoms with Crippen LogP contribution in [0.15, 0.2) is 85.5 Å². The van der Waals surface area contributed by atoms with E-state index in [4.69, 9.17) is 9.72 Å². The number of hydrogen-bond donors (Lipinski definition) is 0. The normalized spacial score (nSPS) is 12.7. The summed E-state index contributed by atoms with van der Waals surface area (Å²) in [5.41, 5.74) is 3.86. The second kappa shape index (κ2) is 9.00. The molecule has 6 rings (SSSR count). The van der Waals surface area contributed by atoms with Gasteiger partial charge in [0.25, 0.3) is 0 Å². The van der Waals surface area contributed by atoms with Crippen molar-refractivity contribution in [1.82, 2.24) is 14.5 Å². The van der Waals surface area contributed by atoms with E-state index in [1.165, 1.54) is 5.56 Å². The van der Waals surface area contributed by atoms with Gasteiger partial charge in [0, 0.05) is 36.6 Å². The Balaban J connectivity index is 1.41. The van der Waals surface area contributed by atoms with Crippen LogP contribution >= 0.6 is 11.3 Å². The van der Waals surface area contributed by atoms with E-state index in [1.54, 1.807) is 23.9 Å². The Morgan fingerprint density at radius 3 is 2.51 bits per heavy atom. The van der Waals surface area contributed by atoms with Gasteiger partial charge in [0.15, 0.2) is 5.13 Å². The zero-order chi connectivity index (χ0) is 23.8. The first-order chi connectivity index (χ1) is 17.2. The second-order valence-corrected chi connectivity index (χ2v) is 9.73. The average Bonchev–Trinajstić information content (AvgIpc) is 3.54. The summed E-state index contributed by atoms with van der Waals surface area (Å²) in [6.45, 7) is 3.40. The maximum absolute atomic E-state index is 14.4. The highest BCUT2D eigenvalue weighted by Crippen LogP contribution is 2.45. The number of nitrogens with zero attached hydrogens (tertiary/aromatic N) is 4. The highest BCUT2D eigenvalue weighted by Gasteiger charge is 2.36. The number of benzene rings is 3. The van der Waals surface area contributed by atoms with Crippen LogP contribution in [0.25, 0.3) is 10.2 Å². The van der Waals surface area contributed by atoms with Gasteiger partial charge in [0.2, 0.25) is 5.91 Å². The van der Waals surface area contributed by atoms with Gasteiger partial charge in [0.1, 0.15) is 11.5 Å². The van der Waals surface area contributed by atoms with Crippen LogP contribution in [0.4, 0.5) is 5.13 Å². The van der Waals surface area contributed by atoms with E-state index < -0.39 is 5.92 Å². The first-order valence-electron chi connectivity index (χ1n) is 11.7. The number of anilines is 1. The minimum absolute atomic E-state index is 0.00890. The fourth-order valence-corrected chi connectivity index (χ4v) is 5.69. The summed E-state index contributed by atoms with van der Waals surface area (Å²) < 4.78 is 9.26. The van der Waals surface area contributed by atoms with Crippen molar-refractivity contribution < 1.29 is 9.53 Å². The number of aromatic nitrogens is 3. The molecule has 1 aliphatic heterocycles.